The van der Waals surface area contributed by atoms with Crippen molar-refractivity contribution in [2.75, 3.05) is 19.7 Å². The minimum absolute atomic E-state index is 0.290. The molecule has 0 bridgehead atoms. The van der Waals surface area contributed by atoms with E-state index in [-0.39, 0.29) is 6.54 Å². The van der Waals surface area contributed by atoms with E-state index >= 15 is 0 Å². The molecular formula is C10H12BrF2NO. The smallest absolute Gasteiger partial charge is 0.250 e. The molecule has 0 fully saturated rings. The first-order valence-corrected chi connectivity index (χ1v) is 5.35. The number of rotatable bonds is 6. The number of ether oxygens (including phenoxy) is 1. The zero-order chi connectivity index (χ0) is 11.1. The third-order valence-corrected chi connectivity index (χ3v) is 2.14. The molecular weight excluding hydrogens is 268 g/mol. The molecule has 0 aliphatic carbocycles. The van der Waals surface area contributed by atoms with Crippen LogP contribution in [0.4, 0.5) is 8.78 Å². The zero-order valence-corrected chi connectivity index (χ0v) is 9.64. The van der Waals surface area contributed by atoms with Crippen LogP contribution in [-0.2, 0) is 0 Å². The Morgan fingerprint density at radius 2 is 2.20 bits per heavy atom. The van der Waals surface area contributed by atoms with Crippen LogP contribution < -0.4 is 10.1 Å². The second-order valence-corrected chi connectivity index (χ2v) is 3.82. The molecule has 0 atom stereocenters. The van der Waals surface area contributed by atoms with Gasteiger partial charge in [-0.3, -0.25) is 0 Å². The fourth-order valence-corrected chi connectivity index (χ4v) is 1.39. The van der Waals surface area contributed by atoms with Crippen LogP contribution in [0.1, 0.15) is 0 Å². The molecule has 0 unspecified atom stereocenters. The van der Waals surface area contributed by atoms with Gasteiger partial charge in [0.05, 0.1) is 6.54 Å². The summed E-state index contributed by atoms with van der Waals surface area (Å²) in [5, 5.41) is 2.58. The van der Waals surface area contributed by atoms with Gasteiger partial charge in [0.25, 0.3) is 6.43 Å². The van der Waals surface area contributed by atoms with Crippen molar-refractivity contribution in [1.82, 2.24) is 5.32 Å². The fourth-order valence-electron chi connectivity index (χ4n) is 1.01. The quantitative estimate of drug-likeness (QED) is 0.809. The van der Waals surface area contributed by atoms with E-state index in [1.54, 1.807) is 0 Å². The number of hydrogen-bond donors (Lipinski definition) is 1. The van der Waals surface area contributed by atoms with Gasteiger partial charge >= 0.3 is 0 Å². The van der Waals surface area contributed by atoms with Gasteiger partial charge in [0, 0.05) is 11.0 Å². The molecule has 0 heterocycles. The Kier molecular flexibility index (Phi) is 5.57. The zero-order valence-electron chi connectivity index (χ0n) is 8.05. The second-order valence-electron chi connectivity index (χ2n) is 2.90. The Balaban J connectivity index is 2.15. The van der Waals surface area contributed by atoms with Crippen LogP contribution in [0.2, 0.25) is 0 Å². The lowest BCUT2D eigenvalue weighted by Gasteiger charge is -2.07. The predicted molar refractivity (Wildman–Crippen MR) is 58.5 cm³/mol. The van der Waals surface area contributed by atoms with Gasteiger partial charge in [0.2, 0.25) is 0 Å². The number of alkyl halides is 2. The summed E-state index contributed by atoms with van der Waals surface area (Å²) in [4.78, 5) is 0. The Morgan fingerprint density at radius 3 is 2.87 bits per heavy atom. The molecule has 0 spiro atoms. The third-order valence-electron chi connectivity index (χ3n) is 1.64. The van der Waals surface area contributed by atoms with E-state index in [0.717, 1.165) is 10.2 Å². The van der Waals surface area contributed by atoms with Crippen LogP contribution in [0.5, 0.6) is 5.75 Å². The van der Waals surface area contributed by atoms with E-state index in [4.69, 9.17) is 4.74 Å². The number of halogens is 3. The molecule has 0 saturated carbocycles. The monoisotopic (exact) mass is 279 g/mol. The van der Waals surface area contributed by atoms with E-state index in [0.29, 0.717) is 13.2 Å². The first-order valence-electron chi connectivity index (χ1n) is 4.55. The molecule has 15 heavy (non-hydrogen) atoms. The van der Waals surface area contributed by atoms with Crippen molar-refractivity contribution < 1.29 is 13.5 Å². The van der Waals surface area contributed by atoms with Crippen molar-refractivity contribution in [3.8, 4) is 5.75 Å². The van der Waals surface area contributed by atoms with Crippen LogP contribution in [0.25, 0.3) is 0 Å². The maximum atomic E-state index is 11.7. The molecule has 1 aromatic carbocycles. The summed E-state index contributed by atoms with van der Waals surface area (Å²) in [6, 6.07) is 7.39. The molecule has 0 saturated heterocycles. The van der Waals surface area contributed by atoms with Gasteiger partial charge in [0.15, 0.2) is 0 Å². The molecule has 1 aromatic rings. The van der Waals surface area contributed by atoms with Crippen molar-refractivity contribution in [3.63, 3.8) is 0 Å². The largest absolute Gasteiger partial charge is 0.492 e. The highest BCUT2D eigenvalue weighted by Crippen LogP contribution is 2.17. The van der Waals surface area contributed by atoms with Gasteiger partial charge in [0.1, 0.15) is 12.4 Å². The SMILES string of the molecule is FC(F)CNCCOc1cccc(Br)c1. The maximum Gasteiger partial charge on any atom is 0.250 e. The van der Waals surface area contributed by atoms with Gasteiger partial charge in [-0.1, -0.05) is 22.0 Å². The lowest BCUT2D eigenvalue weighted by atomic mass is 10.3. The van der Waals surface area contributed by atoms with E-state index < -0.39 is 6.43 Å². The average Bonchev–Trinajstić information content (AvgIpc) is 2.17. The molecule has 2 nitrogen and oxygen atoms in total. The molecule has 84 valence electrons. The van der Waals surface area contributed by atoms with Gasteiger partial charge < -0.3 is 10.1 Å². The maximum absolute atomic E-state index is 11.7. The molecule has 1 N–H and O–H groups in total. The van der Waals surface area contributed by atoms with Crippen LogP contribution in [0.3, 0.4) is 0 Å². The minimum atomic E-state index is -2.31. The van der Waals surface area contributed by atoms with E-state index in [9.17, 15) is 8.78 Å². The number of hydrogen-bond acceptors (Lipinski definition) is 2. The summed E-state index contributed by atoms with van der Waals surface area (Å²) in [5.41, 5.74) is 0. The first kappa shape index (κ1) is 12.4. The highest BCUT2D eigenvalue weighted by atomic mass is 79.9. The Labute approximate surface area is 95.8 Å². The predicted octanol–water partition coefficient (Wildman–Crippen LogP) is 2.68. The van der Waals surface area contributed by atoms with Crippen LogP contribution >= 0.6 is 15.9 Å². The lowest BCUT2D eigenvalue weighted by molar-refractivity contribution is 0.144. The van der Waals surface area contributed by atoms with E-state index in [1.165, 1.54) is 0 Å². The summed E-state index contributed by atoms with van der Waals surface area (Å²) in [6.07, 6.45) is -2.31. The van der Waals surface area contributed by atoms with Crippen LogP contribution in [0, 0.1) is 0 Å². The normalized spacial score (nSPS) is 10.7. The Hall–Kier alpha value is -0.680. The summed E-state index contributed by atoms with van der Waals surface area (Å²) in [7, 11) is 0. The highest BCUT2D eigenvalue weighted by Gasteiger charge is 2.00. The van der Waals surface area contributed by atoms with Gasteiger partial charge in [-0.05, 0) is 18.2 Å². The summed E-state index contributed by atoms with van der Waals surface area (Å²) in [5.74, 6) is 0.725. The summed E-state index contributed by atoms with van der Waals surface area (Å²) >= 11 is 3.31. The third kappa shape index (κ3) is 5.69. The molecule has 1 rings (SSSR count). The minimum Gasteiger partial charge on any atom is -0.492 e. The molecule has 0 radical (unpaired) electrons. The van der Waals surface area contributed by atoms with Gasteiger partial charge in [-0.25, -0.2) is 8.78 Å². The molecule has 0 aliphatic rings. The van der Waals surface area contributed by atoms with Crippen molar-refractivity contribution in [2.24, 2.45) is 0 Å². The Bertz CT molecular complexity index is 297. The fraction of sp³-hybridized carbons (Fsp3) is 0.400. The first-order chi connectivity index (χ1) is 7.18. The summed E-state index contributed by atoms with van der Waals surface area (Å²) < 4.78 is 29.7. The molecule has 0 amide bonds. The topological polar surface area (TPSA) is 21.3 Å². The molecule has 0 aliphatic heterocycles. The standard InChI is InChI=1S/C10H12BrF2NO/c11-8-2-1-3-9(6-8)15-5-4-14-7-10(12)13/h1-3,6,10,14H,4-5,7H2. The van der Waals surface area contributed by atoms with Crippen molar-refractivity contribution in [2.45, 2.75) is 6.43 Å². The van der Waals surface area contributed by atoms with Gasteiger partial charge in [-0.15, -0.1) is 0 Å². The van der Waals surface area contributed by atoms with Crippen LogP contribution in [-0.4, -0.2) is 26.1 Å². The van der Waals surface area contributed by atoms with Crippen molar-refractivity contribution in [1.29, 1.82) is 0 Å². The lowest BCUT2D eigenvalue weighted by Crippen LogP contribution is -2.26. The average molecular weight is 280 g/mol. The van der Waals surface area contributed by atoms with Crippen molar-refractivity contribution >= 4 is 15.9 Å². The van der Waals surface area contributed by atoms with Crippen molar-refractivity contribution in [3.05, 3.63) is 28.7 Å². The Morgan fingerprint density at radius 1 is 1.40 bits per heavy atom. The number of nitrogens with one attached hydrogen (secondary N) is 1. The second kappa shape index (κ2) is 6.74. The van der Waals surface area contributed by atoms with Gasteiger partial charge in [-0.2, -0.15) is 0 Å². The molecule has 5 heteroatoms. The molecule has 0 aromatic heterocycles. The number of benzene rings is 1. The summed E-state index contributed by atoms with van der Waals surface area (Å²) in [6.45, 7) is 0.502. The van der Waals surface area contributed by atoms with E-state index in [2.05, 4.69) is 21.2 Å². The van der Waals surface area contributed by atoms with Crippen LogP contribution in [0.15, 0.2) is 28.7 Å². The highest BCUT2D eigenvalue weighted by molar-refractivity contribution is 9.10. The van der Waals surface area contributed by atoms with E-state index in [1.807, 2.05) is 24.3 Å².